The second kappa shape index (κ2) is 3.98. The van der Waals surface area contributed by atoms with Crippen molar-refractivity contribution < 1.29 is 4.42 Å². The maximum atomic E-state index is 5.58. The van der Waals surface area contributed by atoms with Crippen molar-refractivity contribution in [2.24, 2.45) is 0 Å². The Bertz CT molecular complexity index is 475. The van der Waals surface area contributed by atoms with Gasteiger partial charge >= 0.3 is 0 Å². The first kappa shape index (κ1) is 10.7. The summed E-state index contributed by atoms with van der Waals surface area (Å²) in [5, 5.41) is 0. The third kappa shape index (κ3) is 2.08. The SMILES string of the molecule is CC(C)c1nc(N)oc1-c1ccc(Br)s1. The molecule has 3 nitrogen and oxygen atoms in total. The second-order valence-corrected chi connectivity index (χ2v) is 5.99. The molecule has 15 heavy (non-hydrogen) atoms. The van der Waals surface area contributed by atoms with E-state index in [4.69, 9.17) is 10.2 Å². The van der Waals surface area contributed by atoms with E-state index in [0.29, 0.717) is 5.92 Å². The Labute approximate surface area is 100 Å². The van der Waals surface area contributed by atoms with Crippen molar-refractivity contribution in [1.29, 1.82) is 0 Å². The molecule has 0 saturated carbocycles. The van der Waals surface area contributed by atoms with Gasteiger partial charge in [0.15, 0.2) is 5.76 Å². The molecule has 0 fully saturated rings. The predicted molar refractivity (Wildman–Crippen MR) is 66.0 cm³/mol. The second-order valence-electron chi connectivity index (χ2n) is 3.52. The Morgan fingerprint density at radius 3 is 2.73 bits per heavy atom. The number of halogens is 1. The molecule has 0 amide bonds. The fourth-order valence-electron chi connectivity index (χ4n) is 1.35. The largest absolute Gasteiger partial charge is 0.423 e. The molecule has 2 heterocycles. The number of aromatic nitrogens is 1. The Morgan fingerprint density at radius 2 is 2.20 bits per heavy atom. The quantitative estimate of drug-likeness (QED) is 0.912. The van der Waals surface area contributed by atoms with Crippen molar-refractivity contribution in [3.8, 4) is 10.6 Å². The molecule has 0 atom stereocenters. The molecule has 0 aromatic carbocycles. The topological polar surface area (TPSA) is 52.0 Å². The molecule has 0 aliphatic carbocycles. The first-order chi connectivity index (χ1) is 7.08. The number of oxazole rings is 1. The molecule has 5 heteroatoms. The van der Waals surface area contributed by atoms with Crippen LogP contribution < -0.4 is 5.73 Å². The average molecular weight is 287 g/mol. The molecule has 2 aromatic heterocycles. The van der Waals surface area contributed by atoms with E-state index in [1.54, 1.807) is 11.3 Å². The van der Waals surface area contributed by atoms with Crippen LogP contribution in [0.5, 0.6) is 0 Å². The van der Waals surface area contributed by atoms with E-state index in [1.165, 1.54) is 0 Å². The van der Waals surface area contributed by atoms with Gasteiger partial charge in [-0.15, -0.1) is 11.3 Å². The Morgan fingerprint density at radius 1 is 1.47 bits per heavy atom. The maximum Gasteiger partial charge on any atom is 0.292 e. The van der Waals surface area contributed by atoms with Gasteiger partial charge in [-0.2, -0.15) is 4.98 Å². The van der Waals surface area contributed by atoms with E-state index in [2.05, 4.69) is 34.8 Å². The Hall–Kier alpha value is -0.810. The summed E-state index contributed by atoms with van der Waals surface area (Å²) in [5.41, 5.74) is 6.49. The number of nitrogens with zero attached hydrogens (tertiary/aromatic N) is 1. The van der Waals surface area contributed by atoms with Crippen LogP contribution >= 0.6 is 27.3 Å². The molecule has 0 spiro atoms. The fraction of sp³-hybridized carbons (Fsp3) is 0.300. The van der Waals surface area contributed by atoms with Gasteiger partial charge in [0, 0.05) is 0 Å². The van der Waals surface area contributed by atoms with E-state index in [0.717, 1.165) is 20.1 Å². The summed E-state index contributed by atoms with van der Waals surface area (Å²) in [6.45, 7) is 4.15. The lowest BCUT2D eigenvalue weighted by Crippen LogP contribution is -1.90. The van der Waals surface area contributed by atoms with Crippen molar-refractivity contribution in [1.82, 2.24) is 4.98 Å². The number of anilines is 1. The van der Waals surface area contributed by atoms with Crippen LogP contribution in [0.1, 0.15) is 25.5 Å². The van der Waals surface area contributed by atoms with Gasteiger partial charge in [-0.25, -0.2) is 0 Å². The molecule has 0 bridgehead atoms. The first-order valence-corrected chi connectivity index (χ1v) is 6.20. The van der Waals surface area contributed by atoms with E-state index in [-0.39, 0.29) is 6.01 Å². The van der Waals surface area contributed by atoms with Gasteiger partial charge < -0.3 is 10.2 Å². The summed E-state index contributed by atoms with van der Waals surface area (Å²) >= 11 is 5.04. The number of hydrogen-bond acceptors (Lipinski definition) is 4. The van der Waals surface area contributed by atoms with Gasteiger partial charge in [0.1, 0.15) is 0 Å². The smallest absolute Gasteiger partial charge is 0.292 e. The average Bonchev–Trinajstić information content (AvgIpc) is 2.71. The van der Waals surface area contributed by atoms with Crippen LogP contribution in [0, 0.1) is 0 Å². The number of nitrogen functional groups attached to an aromatic ring is 1. The number of rotatable bonds is 2. The zero-order valence-electron chi connectivity index (χ0n) is 8.45. The maximum absolute atomic E-state index is 5.58. The molecule has 0 aliphatic heterocycles. The standard InChI is InChI=1S/C10H11BrN2OS/c1-5(2)8-9(14-10(12)13-8)6-3-4-7(11)15-6/h3-5H,1-2H3,(H2,12,13). The first-order valence-electron chi connectivity index (χ1n) is 4.60. The molecule has 0 aliphatic rings. The highest BCUT2D eigenvalue weighted by Gasteiger charge is 2.17. The number of hydrogen-bond donors (Lipinski definition) is 1. The summed E-state index contributed by atoms with van der Waals surface area (Å²) in [4.78, 5) is 5.25. The monoisotopic (exact) mass is 286 g/mol. The summed E-state index contributed by atoms with van der Waals surface area (Å²) in [6.07, 6.45) is 0. The highest BCUT2D eigenvalue weighted by molar-refractivity contribution is 9.11. The normalized spacial score (nSPS) is 11.2. The van der Waals surface area contributed by atoms with Crippen molar-refractivity contribution in [3.63, 3.8) is 0 Å². The summed E-state index contributed by atoms with van der Waals surface area (Å²) < 4.78 is 6.50. The van der Waals surface area contributed by atoms with Crippen molar-refractivity contribution in [2.75, 3.05) is 5.73 Å². The molecule has 0 radical (unpaired) electrons. The lowest BCUT2D eigenvalue weighted by Gasteiger charge is -2.00. The van der Waals surface area contributed by atoms with Gasteiger partial charge in [0.2, 0.25) is 0 Å². The third-order valence-electron chi connectivity index (χ3n) is 2.01. The Balaban J connectivity index is 2.52. The lowest BCUT2D eigenvalue weighted by atomic mass is 10.1. The zero-order valence-corrected chi connectivity index (χ0v) is 10.9. The molecule has 2 aromatic rings. The number of thiophene rings is 1. The summed E-state index contributed by atoms with van der Waals surface area (Å²) in [7, 11) is 0. The minimum Gasteiger partial charge on any atom is -0.423 e. The van der Waals surface area contributed by atoms with E-state index in [9.17, 15) is 0 Å². The van der Waals surface area contributed by atoms with Crippen LogP contribution in [0.3, 0.4) is 0 Å². The molecule has 0 saturated heterocycles. The minimum atomic E-state index is 0.234. The van der Waals surface area contributed by atoms with E-state index in [1.807, 2.05) is 12.1 Å². The lowest BCUT2D eigenvalue weighted by molar-refractivity contribution is 0.593. The Kier molecular flexibility index (Phi) is 2.84. The van der Waals surface area contributed by atoms with Crippen LogP contribution in [0.2, 0.25) is 0 Å². The van der Waals surface area contributed by atoms with Crippen LogP contribution in [-0.2, 0) is 0 Å². The molecule has 0 unspecified atom stereocenters. The van der Waals surface area contributed by atoms with Crippen molar-refractivity contribution in [3.05, 3.63) is 21.6 Å². The highest BCUT2D eigenvalue weighted by Crippen LogP contribution is 2.36. The zero-order chi connectivity index (χ0) is 11.0. The summed E-state index contributed by atoms with van der Waals surface area (Å²) in [6, 6.07) is 4.22. The fourth-order valence-corrected chi connectivity index (χ4v) is 2.73. The summed E-state index contributed by atoms with van der Waals surface area (Å²) in [5.74, 6) is 1.10. The molecular formula is C10H11BrN2OS. The molecule has 2 N–H and O–H groups in total. The molecular weight excluding hydrogens is 276 g/mol. The minimum absolute atomic E-state index is 0.234. The number of nitrogens with two attached hydrogens (primary N) is 1. The van der Waals surface area contributed by atoms with Crippen molar-refractivity contribution >= 4 is 33.3 Å². The van der Waals surface area contributed by atoms with Crippen LogP contribution in [0.25, 0.3) is 10.6 Å². The van der Waals surface area contributed by atoms with Gasteiger partial charge in [0.25, 0.3) is 6.01 Å². The van der Waals surface area contributed by atoms with Crippen LogP contribution in [0.15, 0.2) is 20.3 Å². The molecule has 2 rings (SSSR count). The van der Waals surface area contributed by atoms with Crippen LogP contribution in [-0.4, -0.2) is 4.98 Å². The molecule has 80 valence electrons. The highest BCUT2D eigenvalue weighted by atomic mass is 79.9. The van der Waals surface area contributed by atoms with E-state index >= 15 is 0 Å². The van der Waals surface area contributed by atoms with E-state index < -0.39 is 0 Å². The van der Waals surface area contributed by atoms with Crippen LogP contribution in [0.4, 0.5) is 6.01 Å². The van der Waals surface area contributed by atoms with Gasteiger partial charge in [-0.05, 0) is 34.0 Å². The van der Waals surface area contributed by atoms with Gasteiger partial charge in [-0.3, -0.25) is 0 Å². The predicted octanol–water partition coefficient (Wildman–Crippen LogP) is 3.87. The van der Waals surface area contributed by atoms with Gasteiger partial charge in [-0.1, -0.05) is 13.8 Å². The van der Waals surface area contributed by atoms with Crippen molar-refractivity contribution in [2.45, 2.75) is 19.8 Å². The van der Waals surface area contributed by atoms with Gasteiger partial charge in [0.05, 0.1) is 14.4 Å². The third-order valence-corrected chi connectivity index (χ3v) is 3.64.